The number of anilines is 1. The Hall–Kier alpha value is -3.23. The summed E-state index contributed by atoms with van der Waals surface area (Å²) in [6.07, 6.45) is 0. The van der Waals surface area contributed by atoms with Gasteiger partial charge in [-0.15, -0.1) is 0 Å². The van der Waals surface area contributed by atoms with E-state index >= 15 is 0 Å². The van der Waals surface area contributed by atoms with Gasteiger partial charge in [-0.05, 0) is 70.6 Å². The topological polar surface area (TPSA) is 76.4 Å². The van der Waals surface area contributed by atoms with Gasteiger partial charge in [0.25, 0.3) is 5.91 Å². The summed E-state index contributed by atoms with van der Waals surface area (Å²) in [5.74, 6) is 0.887. The molecule has 2 N–H and O–H groups in total. The lowest BCUT2D eigenvalue weighted by molar-refractivity contribution is 0.0977. The Kier molecular flexibility index (Phi) is 5.78. The number of benzene rings is 3. The predicted molar refractivity (Wildman–Crippen MR) is 124 cm³/mol. The van der Waals surface area contributed by atoms with Gasteiger partial charge < -0.3 is 14.5 Å². The van der Waals surface area contributed by atoms with E-state index in [9.17, 15) is 4.79 Å². The maximum Gasteiger partial charge on any atom is 0.258 e. The number of hydrogen-bond donors (Lipinski definition) is 2. The van der Waals surface area contributed by atoms with E-state index in [2.05, 4.69) is 31.5 Å². The van der Waals surface area contributed by atoms with Gasteiger partial charge in [0.2, 0.25) is 5.89 Å². The Morgan fingerprint density at radius 3 is 2.73 bits per heavy atom. The van der Waals surface area contributed by atoms with Crippen molar-refractivity contribution in [3.05, 3.63) is 76.8 Å². The molecule has 0 atom stereocenters. The lowest BCUT2D eigenvalue weighted by atomic mass is 10.2. The minimum Gasteiger partial charge on any atom is -0.497 e. The molecule has 3 aromatic carbocycles. The molecule has 0 fully saturated rings. The molecule has 8 heteroatoms. The number of rotatable bonds is 4. The van der Waals surface area contributed by atoms with Gasteiger partial charge in [-0.2, -0.15) is 0 Å². The number of nitrogens with zero attached hydrogens (tertiary/aromatic N) is 1. The number of amides is 1. The molecule has 0 aliphatic rings. The fourth-order valence-electron chi connectivity index (χ4n) is 2.87. The Bertz CT molecular complexity index is 1260. The summed E-state index contributed by atoms with van der Waals surface area (Å²) >= 11 is 8.65. The van der Waals surface area contributed by atoms with Crippen molar-refractivity contribution in [2.75, 3.05) is 12.4 Å². The molecule has 1 heterocycles. The molecule has 0 radical (unpaired) electrons. The largest absolute Gasteiger partial charge is 0.497 e. The molecule has 1 aromatic heterocycles. The predicted octanol–water partition coefficient (Wildman–Crippen LogP) is 5.39. The van der Waals surface area contributed by atoms with Crippen molar-refractivity contribution in [2.45, 2.75) is 0 Å². The van der Waals surface area contributed by atoms with Crippen molar-refractivity contribution in [3.63, 3.8) is 0 Å². The SMILES string of the molecule is COc1ccc2oc(-c3cccc(NC(=S)NC(=O)c4ccccc4Br)c3)nc2c1. The molecule has 30 heavy (non-hydrogen) atoms. The molecule has 1 amide bonds. The van der Waals surface area contributed by atoms with Crippen LogP contribution in [0.2, 0.25) is 0 Å². The number of nitrogens with one attached hydrogen (secondary N) is 2. The highest BCUT2D eigenvalue weighted by atomic mass is 79.9. The first-order valence-electron chi connectivity index (χ1n) is 8.95. The number of fused-ring (bicyclic) bond motifs is 1. The second-order valence-electron chi connectivity index (χ2n) is 6.32. The van der Waals surface area contributed by atoms with Crippen LogP contribution in [0, 0.1) is 0 Å². The van der Waals surface area contributed by atoms with Gasteiger partial charge in [-0.1, -0.05) is 18.2 Å². The number of hydrogen-bond acceptors (Lipinski definition) is 5. The molecule has 4 aromatic rings. The standard InChI is InChI=1S/C22H16BrN3O3S/c1-28-15-9-10-19-18(12-15)25-21(29-19)13-5-4-6-14(11-13)24-22(30)26-20(27)16-7-2-3-8-17(16)23/h2-12H,1H3,(H2,24,26,27,30). The lowest BCUT2D eigenvalue weighted by Gasteiger charge is -2.11. The van der Waals surface area contributed by atoms with Crippen molar-refractivity contribution >= 4 is 56.0 Å². The molecule has 6 nitrogen and oxygen atoms in total. The number of oxazole rings is 1. The van der Waals surface area contributed by atoms with Crippen LogP contribution < -0.4 is 15.4 Å². The highest BCUT2D eigenvalue weighted by Gasteiger charge is 2.13. The Labute approximate surface area is 186 Å². The van der Waals surface area contributed by atoms with Crippen LogP contribution in [0.25, 0.3) is 22.6 Å². The quantitative estimate of drug-likeness (QED) is 0.380. The molecule has 0 aliphatic carbocycles. The molecule has 0 spiro atoms. The van der Waals surface area contributed by atoms with Crippen LogP contribution in [0.15, 0.2) is 75.6 Å². The molecule has 0 unspecified atom stereocenters. The van der Waals surface area contributed by atoms with E-state index in [-0.39, 0.29) is 11.0 Å². The molecular formula is C22H16BrN3O3S. The summed E-state index contributed by atoms with van der Waals surface area (Å²) in [6, 6.07) is 20.0. The van der Waals surface area contributed by atoms with E-state index in [1.807, 2.05) is 48.5 Å². The van der Waals surface area contributed by atoms with Crippen LogP contribution in [0.3, 0.4) is 0 Å². The maximum absolute atomic E-state index is 12.4. The minimum atomic E-state index is -0.302. The lowest BCUT2D eigenvalue weighted by Crippen LogP contribution is -2.34. The average Bonchev–Trinajstić information content (AvgIpc) is 3.17. The van der Waals surface area contributed by atoms with Gasteiger partial charge >= 0.3 is 0 Å². The third kappa shape index (κ3) is 4.34. The highest BCUT2D eigenvalue weighted by Crippen LogP contribution is 2.28. The third-order valence-electron chi connectivity index (χ3n) is 4.31. The first-order chi connectivity index (χ1) is 14.5. The number of carbonyl (C=O) groups excluding carboxylic acids is 1. The third-order valence-corrected chi connectivity index (χ3v) is 5.20. The van der Waals surface area contributed by atoms with E-state index in [0.717, 1.165) is 5.56 Å². The average molecular weight is 482 g/mol. The molecule has 0 saturated heterocycles. The first-order valence-corrected chi connectivity index (χ1v) is 10.2. The van der Waals surface area contributed by atoms with E-state index in [1.165, 1.54) is 0 Å². The number of methoxy groups -OCH3 is 1. The van der Waals surface area contributed by atoms with E-state index in [1.54, 1.807) is 25.3 Å². The number of halogens is 1. The number of ether oxygens (including phenoxy) is 1. The molecule has 0 bridgehead atoms. The Morgan fingerprint density at radius 2 is 1.93 bits per heavy atom. The second-order valence-corrected chi connectivity index (χ2v) is 7.58. The first kappa shape index (κ1) is 20.1. The fraction of sp³-hybridized carbons (Fsp3) is 0.0455. The van der Waals surface area contributed by atoms with Gasteiger partial charge in [0.05, 0.1) is 12.7 Å². The highest BCUT2D eigenvalue weighted by molar-refractivity contribution is 9.10. The Balaban J connectivity index is 1.50. The van der Waals surface area contributed by atoms with Crippen molar-refractivity contribution in [2.24, 2.45) is 0 Å². The van der Waals surface area contributed by atoms with Crippen LogP contribution >= 0.6 is 28.1 Å². The Morgan fingerprint density at radius 1 is 1.10 bits per heavy atom. The fourth-order valence-corrected chi connectivity index (χ4v) is 3.54. The molecule has 0 saturated carbocycles. The van der Waals surface area contributed by atoms with Crippen molar-refractivity contribution in [1.82, 2.24) is 10.3 Å². The summed E-state index contributed by atoms with van der Waals surface area (Å²) in [7, 11) is 1.61. The normalized spacial score (nSPS) is 10.6. The van der Waals surface area contributed by atoms with Crippen molar-refractivity contribution < 1.29 is 13.9 Å². The summed E-state index contributed by atoms with van der Waals surface area (Å²) in [6.45, 7) is 0. The zero-order valence-corrected chi connectivity index (χ0v) is 18.2. The van der Waals surface area contributed by atoms with Crippen molar-refractivity contribution in [3.8, 4) is 17.2 Å². The maximum atomic E-state index is 12.4. The summed E-state index contributed by atoms with van der Waals surface area (Å²) in [4.78, 5) is 16.9. The minimum absolute atomic E-state index is 0.190. The molecule has 150 valence electrons. The van der Waals surface area contributed by atoms with Crippen molar-refractivity contribution in [1.29, 1.82) is 0 Å². The second kappa shape index (κ2) is 8.64. The van der Waals surface area contributed by atoms with Crippen LogP contribution in [0.4, 0.5) is 5.69 Å². The van der Waals surface area contributed by atoms with E-state index in [4.69, 9.17) is 21.4 Å². The van der Waals surface area contributed by atoms with Gasteiger partial charge in [-0.3, -0.25) is 10.1 Å². The number of thiocarbonyl (C=S) groups is 1. The smallest absolute Gasteiger partial charge is 0.258 e. The van der Waals surface area contributed by atoms with Crippen LogP contribution in [0.5, 0.6) is 5.75 Å². The molecule has 0 aliphatic heterocycles. The summed E-state index contributed by atoms with van der Waals surface area (Å²) < 4.78 is 11.8. The molecular weight excluding hydrogens is 466 g/mol. The zero-order valence-electron chi connectivity index (χ0n) is 15.8. The van der Waals surface area contributed by atoms with Gasteiger partial charge in [0.1, 0.15) is 11.3 Å². The van der Waals surface area contributed by atoms with Gasteiger partial charge in [-0.25, -0.2) is 4.98 Å². The monoisotopic (exact) mass is 481 g/mol. The summed E-state index contributed by atoms with van der Waals surface area (Å²) in [5.41, 5.74) is 3.34. The van der Waals surface area contributed by atoms with Crippen LogP contribution in [0.1, 0.15) is 10.4 Å². The van der Waals surface area contributed by atoms with Gasteiger partial charge in [0, 0.05) is 21.8 Å². The van der Waals surface area contributed by atoms with E-state index < -0.39 is 0 Å². The zero-order chi connectivity index (χ0) is 21.1. The summed E-state index contributed by atoms with van der Waals surface area (Å²) in [5, 5.41) is 5.89. The molecule has 4 rings (SSSR count). The number of carbonyl (C=O) groups is 1. The van der Waals surface area contributed by atoms with Crippen LogP contribution in [-0.2, 0) is 0 Å². The number of aromatic nitrogens is 1. The van der Waals surface area contributed by atoms with E-state index in [0.29, 0.717) is 38.5 Å². The van der Waals surface area contributed by atoms with Gasteiger partial charge in [0.15, 0.2) is 10.7 Å². The van der Waals surface area contributed by atoms with Crippen LogP contribution in [-0.4, -0.2) is 23.1 Å².